The molecule has 28 heavy (non-hydrogen) atoms. The second kappa shape index (κ2) is 7.99. The Morgan fingerprint density at radius 2 is 1.68 bits per heavy atom. The maximum atomic E-state index is 12.8. The molecule has 160 valence electrons. The zero-order valence-electron chi connectivity index (χ0n) is 18.6. The number of unbranched alkanes of at least 4 members (excludes halogenated alkanes) is 2. The summed E-state index contributed by atoms with van der Waals surface area (Å²) in [5, 5.41) is 0. The van der Waals surface area contributed by atoms with Gasteiger partial charge in [0.15, 0.2) is 6.61 Å². The van der Waals surface area contributed by atoms with Crippen LogP contribution in [-0.2, 0) is 19.1 Å². The number of rotatable bonds is 9. The maximum absolute atomic E-state index is 12.8. The molecule has 4 bridgehead atoms. The topological polar surface area (TPSA) is 52.6 Å². The fraction of sp³-hybridized carbons (Fsp3) is 0.917. The van der Waals surface area contributed by atoms with E-state index < -0.39 is 5.41 Å². The molecule has 2 unspecified atom stereocenters. The number of esters is 2. The maximum Gasteiger partial charge on any atom is 0.344 e. The van der Waals surface area contributed by atoms with Gasteiger partial charge < -0.3 is 9.47 Å². The van der Waals surface area contributed by atoms with Gasteiger partial charge in [-0.3, -0.25) is 4.79 Å². The molecule has 0 aliphatic heterocycles. The molecule has 4 fully saturated rings. The summed E-state index contributed by atoms with van der Waals surface area (Å²) in [6.45, 7) is 10.1. The van der Waals surface area contributed by atoms with E-state index in [1.54, 1.807) is 0 Å². The van der Waals surface area contributed by atoms with Gasteiger partial charge in [-0.1, -0.05) is 33.6 Å². The van der Waals surface area contributed by atoms with Crippen molar-refractivity contribution >= 4 is 11.9 Å². The molecule has 0 aromatic rings. The summed E-state index contributed by atoms with van der Waals surface area (Å²) in [7, 11) is 0. The van der Waals surface area contributed by atoms with Crippen molar-refractivity contribution < 1.29 is 19.1 Å². The van der Waals surface area contributed by atoms with Crippen molar-refractivity contribution in [3.63, 3.8) is 0 Å². The molecule has 2 atom stereocenters. The van der Waals surface area contributed by atoms with E-state index in [2.05, 4.69) is 13.8 Å². The fourth-order valence-corrected chi connectivity index (χ4v) is 6.43. The zero-order valence-corrected chi connectivity index (χ0v) is 18.6. The SMILES string of the molecule is CCCCCC1(OC(=O)COC(=O)C(C)(C)CC)C2CC3CC1CC(C)(C3)C2. The Balaban J connectivity index is 1.69. The van der Waals surface area contributed by atoms with Crippen molar-refractivity contribution in [2.45, 2.75) is 104 Å². The summed E-state index contributed by atoms with van der Waals surface area (Å²) in [6.07, 6.45) is 11.2. The average Bonchev–Trinajstić information content (AvgIpc) is 2.62. The van der Waals surface area contributed by atoms with Crippen molar-refractivity contribution in [1.29, 1.82) is 0 Å². The smallest absolute Gasteiger partial charge is 0.344 e. The molecule has 0 radical (unpaired) electrons. The Morgan fingerprint density at radius 3 is 2.21 bits per heavy atom. The monoisotopic (exact) mass is 392 g/mol. The van der Waals surface area contributed by atoms with Gasteiger partial charge in [0.05, 0.1) is 5.41 Å². The highest BCUT2D eigenvalue weighted by atomic mass is 16.6. The van der Waals surface area contributed by atoms with Crippen LogP contribution in [0.25, 0.3) is 0 Å². The van der Waals surface area contributed by atoms with Crippen LogP contribution in [0, 0.1) is 28.6 Å². The molecule has 0 amide bonds. The highest BCUT2D eigenvalue weighted by molar-refractivity contribution is 5.80. The first-order valence-corrected chi connectivity index (χ1v) is 11.5. The van der Waals surface area contributed by atoms with E-state index in [1.807, 2.05) is 20.8 Å². The molecule has 4 aliphatic carbocycles. The normalized spacial score (nSPS) is 36.4. The molecule has 0 aromatic carbocycles. The minimum Gasteiger partial charge on any atom is -0.456 e. The van der Waals surface area contributed by atoms with E-state index in [4.69, 9.17) is 9.47 Å². The summed E-state index contributed by atoms with van der Waals surface area (Å²) in [5.74, 6) is 1.10. The lowest BCUT2D eigenvalue weighted by Gasteiger charge is -2.64. The fourth-order valence-electron chi connectivity index (χ4n) is 6.43. The summed E-state index contributed by atoms with van der Waals surface area (Å²) >= 11 is 0. The van der Waals surface area contributed by atoms with Gasteiger partial charge in [0.25, 0.3) is 0 Å². The quantitative estimate of drug-likeness (QED) is 0.374. The van der Waals surface area contributed by atoms with E-state index >= 15 is 0 Å². The minimum absolute atomic E-state index is 0.252. The molecule has 0 heterocycles. The summed E-state index contributed by atoms with van der Waals surface area (Å²) in [4.78, 5) is 25.0. The Kier molecular flexibility index (Phi) is 6.18. The molecule has 4 nitrogen and oxygen atoms in total. The summed E-state index contributed by atoms with van der Waals surface area (Å²) in [5.41, 5.74) is -0.444. The molecule has 0 N–H and O–H groups in total. The predicted molar refractivity (Wildman–Crippen MR) is 110 cm³/mol. The van der Waals surface area contributed by atoms with Gasteiger partial charge in [0.1, 0.15) is 5.60 Å². The van der Waals surface area contributed by atoms with E-state index in [9.17, 15) is 9.59 Å². The van der Waals surface area contributed by atoms with Crippen LogP contribution in [0.4, 0.5) is 0 Å². The van der Waals surface area contributed by atoms with E-state index in [0.717, 1.165) is 18.8 Å². The van der Waals surface area contributed by atoms with Gasteiger partial charge in [-0.15, -0.1) is 0 Å². The van der Waals surface area contributed by atoms with Crippen LogP contribution in [0.2, 0.25) is 0 Å². The Morgan fingerprint density at radius 1 is 1.04 bits per heavy atom. The van der Waals surface area contributed by atoms with Crippen LogP contribution in [0.1, 0.15) is 98.8 Å². The van der Waals surface area contributed by atoms with Crippen LogP contribution in [0.15, 0.2) is 0 Å². The van der Waals surface area contributed by atoms with Gasteiger partial charge in [0, 0.05) is 0 Å². The van der Waals surface area contributed by atoms with Gasteiger partial charge in [-0.05, 0) is 88.4 Å². The molecule has 4 aliphatic rings. The first-order chi connectivity index (χ1) is 13.1. The number of ether oxygens (including phenoxy) is 2. The van der Waals surface area contributed by atoms with E-state index in [1.165, 1.54) is 44.9 Å². The number of hydrogen-bond donors (Lipinski definition) is 0. The van der Waals surface area contributed by atoms with Crippen molar-refractivity contribution in [1.82, 2.24) is 0 Å². The first-order valence-electron chi connectivity index (χ1n) is 11.5. The van der Waals surface area contributed by atoms with E-state index in [0.29, 0.717) is 23.7 Å². The number of carbonyl (C=O) groups excluding carboxylic acids is 2. The molecule has 0 aromatic heterocycles. The van der Waals surface area contributed by atoms with Gasteiger partial charge in [-0.25, -0.2) is 4.79 Å². The zero-order chi connectivity index (χ0) is 20.6. The summed E-state index contributed by atoms with van der Waals surface area (Å²) < 4.78 is 11.6. The Hall–Kier alpha value is -1.06. The highest BCUT2D eigenvalue weighted by Crippen LogP contribution is 2.65. The first kappa shape index (κ1) is 21.6. The highest BCUT2D eigenvalue weighted by Gasteiger charge is 2.62. The second-order valence-corrected chi connectivity index (χ2v) is 10.9. The number of carbonyl (C=O) groups is 2. The third-order valence-corrected chi connectivity index (χ3v) is 8.11. The molecule has 0 saturated heterocycles. The molecular weight excluding hydrogens is 352 g/mol. The van der Waals surface area contributed by atoms with Crippen molar-refractivity contribution in [3.05, 3.63) is 0 Å². The largest absolute Gasteiger partial charge is 0.456 e. The van der Waals surface area contributed by atoms with Crippen LogP contribution >= 0.6 is 0 Å². The minimum atomic E-state index is -0.559. The summed E-state index contributed by atoms with van der Waals surface area (Å²) in [6, 6.07) is 0. The van der Waals surface area contributed by atoms with Crippen LogP contribution in [0.3, 0.4) is 0 Å². The van der Waals surface area contributed by atoms with Crippen molar-refractivity contribution in [3.8, 4) is 0 Å². The van der Waals surface area contributed by atoms with Gasteiger partial charge in [0.2, 0.25) is 0 Å². The molecular formula is C24H40O4. The van der Waals surface area contributed by atoms with Crippen LogP contribution in [0.5, 0.6) is 0 Å². The predicted octanol–water partition coefficient (Wildman–Crippen LogP) is 5.67. The van der Waals surface area contributed by atoms with Crippen molar-refractivity contribution in [2.75, 3.05) is 6.61 Å². The van der Waals surface area contributed by atoms with Crippen LogP contribution in [-0.4, -0.2) is 24.1 Å². The lowest BCUT2D eigenvalue weighted by atomic mass is 9.44. The molecule has 4 rings (SSSR count). The average molecular weight is 393 g/mol. The standard InChI is InChI=1S/C24H40O4/c1-6-8-9-10-24(28-20(25)16-27-21(26)22(3,4)7-2)18-11-17-12-19(24)15-23(5,13-17)14-18/h17-19H,6-16H2,1-5H3. The lowest BCUT2D eigenvalue weighted by Crippen LogP contribution is -2.62. The lowest BCUT2D eigenvalue weighted by molar-refractivity contribution is -0.228. The van der Waals surface area contributed by atoms with Gasteiger partial charge >= 0.3 is 11.9 Å². The second-order valence-electron chi connectivity index (χ2n) is 10.9. The number of hydrogen-bond acceptors (Lipinski definition) is 4. The Labute approximate surface area is 171 Å². The van der Waals surface area contributed by atoms with Gasteiger partial charge in [-0.2, -0.15) is 0 Å². The van der Waals surface area contributed by atoms with Crippen LogP contribution < -0.4 is 0 Å². The molecule has 4 heteroatoms. The third-order valence-electron chi connectivity index (χ3n) is 8.11. The third kappa shape index (κ3) is 4.11. The van der Waals surface area contributed by atoms with E-state index in [-0.39, 0.29) is 24.1 Å². The molecule has 4 saturated carbocycles. The van der Waals surface area contributed by atoms with Crippen molar-refractivity contribution in [2.24, 2.45) is 28.6 Å². The Bertz CT molecular complexity index is 577. The molecule has 0 spiro atoms.